The topological polar surface area (TPSA) is 142 Å². The number of ether oxygens (including phenoxy) is 3. The molecule has 12 nitrogen and oxygen atoms in total. The molecule has 3 aliphatic rings. The van der Waals surface area contributed by atoms with Crippen LogP contribution in [0.4, 0.5) is 8.78 Å². The zero-order chi connectivity index (χ0) is 34.9. The number of carbonyl (C=O) groups is 2. The molecule has 264 valence electrons. The van der Waals surface area contributed by atoms with E-state index in [1.165, 1.54) is 42.9 Å². The Kier molecular flexibility index (Phi) is 10.8. The number of aromatic nitrogens is 2. The number of aromatic amines is 1. The minimum atomic E-state index is -4.25. The highest BCUT2D eigenvalue weighted by Crippen LogP contribution is 2.39. The zero-order valence-corrected chi connectivity index (χ0v) is 29.0. The van der Waals surface area contributed by atoms with Crippen molar-refractivity contribution < 1.29 is 50.9 Å². The summed E-state index contributed by atoms with van der Waals surface area (Å²) < 4.78 is 72.2. The van der Waals surface area contributed by atoms with Crippen molar-refractivity contribution in [1.82, 2.24) is 14.2 Å². The van der Waals surface area contributed by atoms with Crippen molar-refractivity contribution in [2.75, 3.05) is 32.0 Å². The molecule has 0 unspecified atom stereocenters. The lowest BCUT2D eigenvalue weighted by molar-refractivity contribution is -0.904. The van der Waals surface area contributed by atoms with Gasteiger partial charge in [0.25, 0.3) is 5.91 Å². The van der Waals surface area contributed by atoms with Gasteiger partial charge in [-0.25, -0.2) is 13.2 Å². The SMILES string of the molecule is O=C(O[C@@H](Cc1c(Cl)c[n+](O)cc1Cl)c1ccc(OC(F)F)c(OCC2CC2)c1)[C@@H]1SCCN1S(=O)(=O)c1c[nH]c(C(=O)N2CCCC2)c1. The number of hydrogen-bond donors (Lipinski definition) is 2. The maximum Gasteiger partial charge on any atom is 0.387 e. The standard InChI is InChI=1S/C31H32Cl2F2N4O8S2/c32-22-15-38(42)16-23(33)21(22)13-26(19-5-6-25(47-31(34)35)27(11-19)45-17-18-3-4-18)46-30(41)29-39(9-10-48-29)49(43,44)20-12-24(36-14-20)28(40)37-7-1-2-8-37/h5-6,11-12,14-16,18,26,29,31H,1-4,7-10,13,17H2,(H-,36,40,42)/p+1/t26-,29-/m0/s1. The van der Waals surface area contributed by atoms with E-state index < -0.39 is 34.1 Å². The fourth-order valence-electron chi connectivity index (χ4n) is 5.63. The largest absolute Gasteiger partial charge is 0.489 e. The number of H-pyrrole nitrogens is 1. The van der Waals surface area contributed by atoms with Gasteiger partial charge in [-0.3, -0.25) is 10.0 Å². The summed E-state index contributed by atoms with van der Waals surface area (Å²) in [6, 6.07) is 5.38. The normalized spacial score (nSPS) is 19.0. The Hall–Kier alpha value is -3.31. The number of benzene rings is 1. The number of pyridine rings is 1. The van der Waals surface area contributed by atoms with E-state index >= 15 is 0 Å². The number of hydrogen-bond acceptors (Lipinski definition) is 9. The molecule has 1 saturated carbocycles. The van der Waals surface area contributed by atoms with E-state index in [1.54, 1.807) is 4.90 Å². The Balaban J connectivity index is 1.28. The van der Waals surface area contributed by atoms with E-state index in [4.69, 9.17) is 32.7 Å². The van der Waals surface area contributed by atoms with Gasteiger partial charge in [0.1, 0.15) is 26.7 Å². The molecule has 0 radical (unpaired) electrons. The van der Waals surface area contributed by atoms with Gasteiger partial charge in [-0.05, 0) is 55.4 Å². The van der Waals surface area contributed by atoms with Crippen LogP contribution in [0.25, 0.3) is 0 Å². The summed E-state index contributed by atoms with van der Waals surface area (Å²) >= 11 is 13.9. The summed E-state index contributed by atoms with van der Waals surface area (Å²) in [6.07, 6.45) is 5.94. The second-order valence-electron chi connectivity index (χ2n) is 11.9. The predicted molar refractivity (Wildman–Crippen MR) is 174 cm³/mol. The van der Waals surface area contributed by atoms with Gasteiger partial charge in [-0.1, -0.05) is 29.3 Å². The molecule has 0 spiro atoms. The van der Waals surface area contributed by atoms with Gasteiger partial charge in [0.05, 0.1) is 6.61 Å². The predicted octanol–water partition coefficient (Wildman–Crippen LogP) is 5.06. The molecule has 3 aromatic rings. The molecular formula is C31H33Cl2F2N4O8S2+. The minimum Gasteiger partial charge on any atom is -0.489 e. The van der Waals surface area contributed by atoms with Crippen LogP contribution in [-0.2, 0) is 26.0 Å². The number of alkyl halides is 2. The first-order chi connectivity index (χ1) is 23.4. The molecule has 2 N–H and O–H groups in total. The highest BCUT2D eigenvalue weighted by Gasteiger charge is 2.43. The Morgan fingerprint density at radius 3 is 2.47 bits per heavy atom. The number of nitrogens with one attached hydrogen (secondary N) is 1. The van der Waals surface area contributed by atoms with Crippen LogP contribution in [-0.4, -0.2) is 83.7 Å². The molecule has 1 aliphatic carbocycles. The minimum absolute atomic E-state index is 0.00365. The van der Waals surface area contributed by atoms with Crippen molar-refractivity contribution in [1.29, 1.82) is 0 Å². The number of esters is 1. The van der Waals surface area contributed by atoms with E-state index in [0.717, 1.165) is 41.8 Å². The van der Waals surface area contributed by atoms with E-state index in [9.17, 15) is 32.0 Å². The second-order valence-corrected chi connectivity index (χ2v) is 15.8. The summed E-state index contributed by atoms with van der Waals surface area (Å²) in [4.78, 5) is 30.9. The molecule has 1 aromatic carbocycles. The third kappa shape index (κ3) is 8.20. The van der Waals surface area contributed by atoms with Gasteiger partial charge >= 0.3 is 12.6 Å². The fourth-order valence-corrected chi connectivity index (χ4v) is 9.28. The van der Waals surface area contributed by atoms with E-state index in [-0.39, 0.29) is 63.5 Å². The second kappa shape index (κ2) is 14.9. The van der Waals surface area contributed by atoms with Crippen LogP contribution in [0.1, 0.15) is 53.4 Å². The van der Waals surface area contributed by atoms with Crippen molar-refractivity contribution in [3.63, 3.8) is 0 Å². The average molecular weight is 763 g/mol. The van der Waals surface area contributed by atoms with Crippen molar-refractivity contribution in [3.05, 3.63) is 69.7 Å². The molecule has 6 rings (SSSR count). The summed E-state index contributed by atoms with van der Waals surface area (Å²) in [5, 5.41) is 8.68. The van der Waals surface area contributed by atoms with Crippen molar-refractivity contribution in [2.24, 2.45) is 5.92 Å². The maximum atomic E-state index is 13.9. The van der Waals surface area contributed by atoms with Crippen LogP contribution >= 0.6 is 35.0 Å². The molecule has 2 saturated heterocycles. The smallest absolute Gasteiger partial charge is 0.387 e. The first kappa shape index (κ1) is 35.5. The number of carbonyl (C=O) groups excluding carboxylic acids is 2. The van der Waals surface area contributed by atoms with Gasteiger partial charge in [-0.15, -0.1) is 11.8 Å². The molecule has 2 aliphatic heterocycles. The lowest BCUT2D eigenvalue weighted by Gasteiger charge is -2.25. The van der Waals surface area contributed by atoms with Gasteiger partial charge < -0.3 is 24.1 Å². The summed E-state index contributed by atoms with van der Waals surface area (Å²) in [5.74, 6) is -0.822. The van der Waals surface area contributed by atoms with Crippen LogP contribution < -0.4 is 14.2 Å². The first-order valence-electron chi connectivity index (χ1n) is 15.5. The zero-order valence-electron chi connectivity index (χ0n) is 25.9. The molecule has 18 heteroatoms. The number of likely N-dealkylation sites (tertiary alicyclic amines) is 1. The lowest BCUT2D eigenvalue weighted by Crippen LogP contribution is -2.40. The van der Waals surface area contributed by atoms with Crippen LogP contribution in [0.15, 0.2) is 47.8 Å². The Bertz CT molecular complexity index is 1800. The molecule has 4 heterocycles. The molecule has 49 heavy (non-hydrogen) atoms. The van der Waals surface area contributed by atoms with Gasteiger partial charge in [-0.2, -0.15) is 13.1 Å². The molecular weight excluding hydrogens is 729 g/mol. The highest BCUT2D eigenvalue weighted by molar-refractivity contribution is 8.02. The molecule has 2 aromatic heterocycles. The van der Waals surface area contributed by atoms with E-state index in [1.807, 2.05) is 0 Å². The van der Waals surface area contributed by atoms with Crippen LogP contribution in [0.2, 0.25) is 10.0 Å². The number of sulfonamides is 1. The van der Waals surface area contributed by atoms with Crippen LogP contribution in [0.5, 0.6) is 11.5 Å². The summed E-state index contributed by atoms with van der Waals surface area (Å²) in [7, 11) is -4.25. The van der Waals surface area contributed by atoms with Crippen molar-refractivity contribution in [2.45, 2.75) is 55.1 Å². The number of thioether (sulfide) groups is 1. The summed E-state index contributed by atoms with van der Waals surface area (Å²) in [6.45, 7) is -1.66. The van der Waals surface area contributed by atoms with Gasteiger partial charge in [0, 0.05) is 48.3 Å². The van der Waals surface area contributed by atoms with Gasteiger partial charge in [0.15, 0.2) is 16.9 Å². The first-order valence-corrected chi connectivity index (χ1v) is 18.8. The third-order valence-corrected chi connectivity index (χ3v) is 12.2. The number of rotatable bonds is 13. The Labute approximate surface area is 295 Å². The van der Waals surface area contributed by atoms with Crippen LogP contribution in [0.3, 0.4) is 0 Å². The van der Waals surface area contributed by atoms with Crippen molar-refractivity contribution in [3.8, 4) is 11.5 Å². The molecule has 0 bridgehead atoms. The molecule has 1 amide bonds. The number of nitrogens with zero attached hydrogens (tertiary/aromatic N) is 3. The number of halogens is 4. The fraction of sp³-hybridized carbons (Fsp3) is 0.452. The number of amides is 1. The average Bonchev–Trinajstić information content (AvgIpc) is 3.47. The maximum absolute atomic E-state index is 13.9. The molecule has 2 atom stereocenters. The Morgan fingerprint density at radius 2 is 1.80 bits per heavy atom. The van der Waals surface area contributed by atoms with Gasteiger partial charge in [0.2, 0.25) is 22.4 Å². The summed E-state index contributed by atoms with van der Waals surface area (Å²) in [5.41, 5.74) is 0.735. The third-order valence-electron chi connectivity index (χ3n) is 8.38. The quantitative estimate of drug-likeness (QED) is 0.139. The van der Waals surface area contributed by atoms with E-state index in [2.05, 4.69) is 9.72 Å². The Morgan fingerprint density at radius 1 is 1.08 bits per heavy atom. The highest BCUT2D eigenvalue weighted by atomic mass is 35.5. The van der Waals surface area contributed by atoms with Crippen LogP contribution in [0, 0.1) is 5.92 Å². The van der Waals surface area contributed by atoms with Crippen molar-refractivity contribution >= 4 is 56.9 Å². The lowest BCUT2D eigenvalue weighted by atomic mass is 10.0. The van der Waals surface area contributed by atoms with E-state index in [0.29, 0.717) is 34.7 Å². The monoisotopic (exact) mass is 761 g/mol. The molecule has 3 fully saturated rings.